The fraction of sp³-hybridized carbons (Fsp3) is 0.370. The molecule has 2 aliphatic rings. The zero-order valence-corrected chi connectivity index (χ0v) is 19.5. The summed E-state index contributed by atoms with van der Waals surface area (Å²) < 4.78 is 5.44. The van der Waals surface area contributed by atoms with E-state index < -0.39 is 0 Å². The van der Waals surface area contributed by atoms with Gasteiger partial charge in [0.25, 0.3) is 0 Å². The number of rotatable bonds is 9. The molecule has 3 unspecified atom stereocenters. The molecule has 1 aromatic heterocycles. The van der Waals surface area contributed by atoms with Crippen molar-refractivity contribution in [3.05, 3.63) is 78.0 Å². The molecular weight excluding hydrogens is 426 g/mol. The maximum atomic E-state index is 13.2. The molecule has 1 saturated heterocycles. The van der Waals surface area contributed by atoms with Crippen molar-refractivity contribution in [2.45, 2.75) is 31.4 Å². The maximum Gasteiger partial charge on any atom is 0.243 e. The number of carbonyl (C=O) groups is 1. The summed E-state index contributed by atoms with van der Waals surface area (Å²) >= 11 is 0. The summed E-state index contributed by atoms with van der Waals surface area (Å²) in [6.45, 7) is 2.45. The maximum absolute atomic E-state index is 13.2. The largest absolute Gasteiger partial charge is 0.380 e. The van der Waals surface area contributed by atoms with Gasteiger partial charge in [0.15, 0.2) is 0 Å². The van der Waals surface area contributed by atoms with Gasteiger partial charge in [0.1, 0.15) is 5.82 Å². The number of pyridine rings is 1. The first-order chi connectivity index (χ1) is 16.7. The molecule has 1 aliphatic carbocycles. The fourth-order valence-corrected chi connectivity index (χ4v) is 4.41. The van der Waals surface area contributed by atoms with Gasteiger partial charge in [-0.05, 0) is 55.6 Å². The van der Waals surface area contributed by atoms with Crippen LogP contribution in [0.25, 0.3) is 0 Å². The van der Waals surface area contributed by atoms with Crippen molar-refractivity contribution in [1.82, 2.24) is 10.3 Å². The van der Waals surface area contributed by atoms with E-state index in [-0.39, 0.29) is 24.0 Å². The number of carbonyl (C=O) groups excluding carboxylic acids is 1. The van der Waals surface area contributed by atoms with Crippen LogP contribution < -0.4 is 15.5 Å². The molecule has 34 heavy (non-hydrogen) atoms. The Bertz CT molecular complexity index is 1060. The van der Waals surface area contributed by atoms with Crippen LogP contribution in [0.15, 0.2) is 66.9 Å². The van der Waals surface area contributed by atoms with Gasteiger partial charge < -0.3 is 20.3 Å². The molecule has 1 amide bonds. The highest BCUT2D eigenvalue weighted by molar-refractivity contribution is 5.94. The Morgan fingerprint density at radius 2 is 2.12 bits per heavy atom. The third-order valence-electron chi connectivity index (χ3n) is 6.43. The number of nitriles is 1. The second-order valence-corrected chi connectivity index (χ2v) is 8.69. The minimum Gasteiger partial charge on any atom is -0.380 e. The Labute approximate surface area is 201 Å². The van der Waals surface area contributed by atoms with Crippen molar-refractivity contribution < 1.29 is 9.53 Å². The minimum atomic E-state index is -0.373. The van der Waals surface area contributed by atoms with E-state index in [1.165, 1.54) is 0 Å². The van der Waals surface area contributed by atoms with E-state index in [0.29, 0.717) is 17.9 Å². The number of anilines is 2. The van der Waals surface area contributed by atoms with Crippen molar-refractivity contribution in [1.29, 1.82) is 5.26 Å². The second kappa shape index (κ2) is 11.6. The van der Waals surface area contributed by atoms with Crippen molar-refractivity contribution >= 4 is 17.4 Å². The Morgan fingerprint density at radius 1 is 1.26 bits per heavy atom. The van der Waals surface area contributed by atoms with E-state index >= 15 is 0 Å². The summed E-state index contributed by atoms with van der Waals surface area (Å²) in [5.74, 6) is 0.525. The van der Waals surface area contributed by atoms with Crippen LogP contribution in [0.3, 0.4) is 0 Å². The first-order valence-corrected chi connectivity index (χ1v) is 11.8. The van der Waals surface area contributed by atoms with Crippen LogP contribution in [0.1, 0.15) is 24.0 Å². The molecule has 7 heteroatoms. The van der Waals surface area contributed by atoms with E-state index in [0.717, 1.165) is 43.6 Å². The summed E-state index contributed by atoms with van der Waals surface area (Å²) in [6, 6.07) is 13.2. The van der Waals surface area contributed by atoms with Crippen molar-refractivity contribution in [3.63, 3.8) is 0 Å². The van der Waals surface area contributed by atoms with Gasteiger partial charge in [-0.3, -0.25) is 4.79 Å². The van der Waals surface area contributed by atoms with Crippen LogP contribution in [0.2, 0.25) is 0 Å². The number of hydrogen-bond acceptors (Lipinski definition) is 6. The lowest BCUT2D eigenvalue weighted by Gasteiger charge is -2.25. The zero-order chi connectivity index (χ0) is 23.8. The lowest BCUT2D eigenvalue weighted by Crippen LogP contribution is -2.46. The van der Waals surface area contributed by atoms with Crippen molar-refractivity contribution in [2.24, 2.45) is 5.92 Å². The molecule has 0 radical (unpaired) electrons. The Kier molecular flexibility index (Phi) is 8.08. The molecule has 1 aromatic carbocycles. The predicted octanol–water partition coefficient (Wildman–Crippen LogP) is 3.45. The third-order valence-corrected chi connectivity index (χ3v) is 6.43. The molecule has 1 fully saturated rings. The molecular formula is C27H31N5O2. The monoisotopic (exact) mass is 457 g/mol. The SMILES string of the molecule is COC1CCN(c2ccc(NC(=O)C(NCCc3ccc(C#N)cc3)C3C=CC=CC3)nc2)C1. The van der Waals surface area contributed by atoms with Crippen LogP contribution >= 0.6 is 0 Å². The summed E-state index contributed by atoms with van der Waals surface area (Å²) in [6.07, 6.45) is 12.8. The highest BCUT2D eigenvalue weighted by Crippen LogP contribution is 2.22. The third kappa shape index (κ3) is 6.10. The van der Waals surface area contributed by atoms with Crippen molar-refractivity contribution in [2.75, 3.05) is 37.0 Å². The van der Waals surface area contributed by atoms with Crippen LogP contribution in [0.4, 0.5) is 11.5 Å². The van der Waals surface area contributed by atoms with Gasteiger partial charge in [-0.2, -0.15) is 5.26 Å². The molecule has 0 saturated carbocycles. The Morgan fingerprint density at radius 3 is 2.76 bits per heavy atom. The normalized spacial score (nSPS) is 20.2. The number of allylic oxidation sites excluding steroid dienone is 3. The number of ether oxygens (including phenoxy) is 1. The van der Waals surface area contributed by atoms with Crippen LogP contribution in [-0.4, -0.2) is 49.8 Å². The molecule has 0 bridgehead atoms. The number of benzene rings is 1. The van der Waals surface area contributed by atoms with Crippen molar-refractivity contribution in [3.8, 4) is 6.07 Å². The fourth-order valence-electron chi connectivity index (χ4n) is 4.41. The van der Waals surface area contributed by atoms with Crippen LogP contribution in [-0.2, 0) is 16.0 Å². The summed E-state index contributed by atoms with van der Waals surface area (Å²) in [7, 11) is 1.75. The van der Waals surface area contributed by atoms with Gasteiger partial charge in [-0.15, -0.1) is 0 Å². The predicted molar refractivity (Wildman–Crippen MR) is 134 cm³/mol. The minimum absolute atomic E-state index is 0.0702. The quantitative estimate of drug-likeness (QED) is 0.600. The molecule has 2 N–H and O–H groups in total. The molecule has 0 spiro atoms. The van der Waals surface area contributed by atoms with Gasteiger partial charge in [-0.1, -0.05) is 36.4 Å². The first kappa shape index (κ1) is 23.7. The Balaban J connectivity index is 1.36. The molecule has 3 atom stereocenters. The lowest BCUT2D eigenvalue weighted by atomic mass is 9.91. The first-order valence-electron chi connectivity index (χ1n) is 11.8. The van der Waals surface area contributed by atoms with Gasteiger partial charge in [0.2, 0.25) is 5.91 Å². The summed E-state index contributed by atoms with van der Waals surface area (Å²) in [4.78, 5) is 20.0. The number of nitrogens with one attached hydrogen (secondary N) is 2. The number of amides is 1. The summed E-state index contributed by atoms with van der Waals surface area (Å²) in [5.41, 5.74) is 2.81. The topological polar surface area (TPSA) is 90.3 Å². The number of methoxy groups -OCH3 is 1. The molecule has 1 aliphatic heterocycles. The van der Waals surface area contributed by atoms with Gasteiger partial charge >= 0.3 is 0 Å². The van der Waals surface area contributed by atoms with Crippen LogP contribution in [0, 0.1) is 17.2 Å². The van der Waals surface area contributed by atoms with E-state index in [2.05, 4.69) is 38.7 Å². The van der Waals surface area contributed by atoms with Gasteiger partial charge in [0.05, 0.1) is 35.7 Å². The van der Waals surface area contributed by atoms with Gasteiger partial charge in [0, 0.05) is 26.1 Å². The standard InChI is InChI=1S/C27H31N5O2/c1-34-24-14-16-32(19-24)23-11-12-25(30-18-23)31-27(33)26(22-5-3-2-4-6-22)29-15-13-20-7-9-21(17-28)10-8-20/h2-5,7-12,18,22,24,26,29H,6,13-16,19H2,1H3,(H,30,31,33). The van der Waals surface area contributed by atoms with E-state index in [9.17, 15) is 4.79 Å². The average molecular weight is 458 g/mol. The molecule has 2 aromatic rings. The lowest BCUT2D eigenvalue weighted by molar-refractivity contribution is -0.119. The van der Waals surface area contributed by atoms with Crippen LogP contribution in [0.5, 0.6) is 0 Å². The smallest absolute Gasteiger partial charge is 0.243 e. The molecule has 4 rings (SSSR count). The van der Waals surface area contributed by atoms with E-state index in [4.69, 9.17) is 10.00 Å². The number of nitrogens with zero attached hydrogens (tertiary/aromatic N) is 3. The summed E-state index contributed by atoms with van der Waals surface area (Å²) in [5, 5.41) is 15.4. The number of hydrogen-bond donors (Lipinski definition) is 2. The zero-order valence-electron chi connectivity index (χ0n) is 19.5. The number of aromatic nitrogens is 1. The van der Waals surface area contributed by atoms with E-state index in [1.54, 1.807) is 7.11 Å². The molecule has 2 heterocycles. The average Bonchev–Trinajstić information content (AvgIpc) is 3.37. The molecule has 176 valence electrons. The highest BCUT2D eigenvalue weighted by Gasteiger charge is 2.27. The molecule has 7 nitrogen and oxygen atoms in total. The Hall–Kier alpha value is -3.47. The highest BCUT2D eigenvalue weighted by atomic mass is 16.5. The van der Waals surface area contributed by atoms with E-state index in [1.807, 2.05) is 54.7 Å². The second-order valence-electron chi connectivity index (χ2n) is 8.69. The van der Waals surface area contributed by atoms with Gasteiger partial charge in [-0.25, -0.2) is 4.98 Å².